The molecule has 0 saturated heterocycles. The van der Waals surface area contributed by atoms with Crippen molar-refractivity contribution in [2.45, 2.75) is 25.3 Å². The Hall–Kier alpha value is -1.71. The van der Waals surface area contributed by atoms with Crippen LogP contribution in [-0.4, -0.2) is 23.2 Å². The quantitative estimate of drug-likeness (QED) is 0.725. The maximum absolute atomic E-state index is 8.80. The van der Waals surface area contributed by atoms with Gasteiger partial charge in [-0.25, -0.2) is 0 Å². The molecule has 2 N–H and O–H groups in total. The molecule has 0 spiro atoms. The molecule has 1 atom stereocenters. The van der Waals surface area contributed by atoms with Crippen LogP contribution >= 0.6 is 0 Å². The van der Waals surface area contributed by atoms with Gasteiger partial charge < -0.3 is 10.4 Å². The van der Waals surface area contributed by atoms with E-state index in [4.69, 9.17) is 5.11 Å². The summed E-state index contributed by atoms with van der Waals surface area (Å²) in [7, 11) is 0. The summed E-state index contributed by atoms with van der Waals surface area (Å²) in [5.74, 6) is 0. The largest absolute Gasteiger partial charge is 0.396 e. The number of aliphatic hydroxyl groups excluding tert-OH is 1. The summed E-state index contributed by atoms with van der Waals surface area (Å²) in [5, 5.41) is 12.4. The topological polar surface area (TPSA) is 45.1 Å². The van der Waals surface area contributed by atoms with E-state index in [9.17, 15) is 0 Å². The third kappa shape index (κ3) is 4.44. The minimum Gasteiger partial charge on any atom is -0.396 e. The molecule has 2 rings (SSSR count). The Morgan fingerprint density at radius 2 is 1.60 bits per heavy atom. The van der Waals surface area contributed by atoms with Crippen molar-refractivity contribution in [3.05, 3.63) is 66.0 Å². The number of hydrogen-bond donors (Lipinski definition) is 2. The Bertz CT molecular complexity index is 433. The maximum Gasteiger partial charge on any atom is 0.0577 e. The van der Waals surface area contributed by atoms with Crippen LogP contribution in [0.15, 0.2) is 54.9 Å². The molecule has 20 heavy (non-hydrogen) atoms. The zero-order valence-electron chi connectivity index (χ0n) is 11.7. The molecule has 0 bridgehead atoms. The van der Waals surface area contributed by atoms with Crippen LogP contribution in [0.1, 0.15) is 36.4 Å². The van der Waals surface area contributed by atoms with E-state index < -0.39 is 0 Å². The number of pyridine rings is 1. The van der Waals surface area contributed by atoms with Crippen LogP contribution in [0, 0.1) is 0 Å². The van der Waals surface area contributed by atoms with Crippen LogP contribution < -0.4 is 5.32 Å². The van der Waals surface area contributed by atoms with Crippen LogP contribution in [0.5, 0.6) is 0 Å². The first-order valence-corrected chi connectivity index (χ1v) is 7.21. The molecule has 0 aliphatic carbocycles. The fourth-order valence-electron chi connectivity index (χ4n) is 2.29. The van der Waals surface area contributed by atoms with Crippen molar-refractivity contribution in [1.82, 2.24) is 10.3 Å². The molecule has 106 valence electrons. The lowest BCUT2D eigenvalue weighted by Gasteiger charge is -2.19. The zero-order chi connectivity index (χ0) is 14.0. The van der Waals surface area contributed by atoms with E-state index in [1.165, 1.54) is 11.1 Å². The first-order valence-electron chi connectivity index (χ1n) is 7.21. The van der Waals surface area contributed by atoms with E-state index in [0.717, 1.165) is 25.8 Å². The summed E-state index contributed by atoms with van der Waals surface area (Å²) in [5.41, 5.74) is 2.49. The molecule has 0 saturated carbocycles. The number of aromatic nitrogens is 1. The van der Waals surface area contributed by atoms with E-state index in [1.807, 2.05) is 18.5 Å². The smallest absolute Gasteiger partial charge is 0.0577 e. The van der Waals surface area contributed by atoms with Gasteiger partial charge in [0.05, 0.1) is 6.04 Å². The average Bonchev–Trinajstić information content (AvgIpc) is 2.53. The second kappa shape index (κ2) is 8.46. The molecule has 0 fully saturated rings. The Balaban J connectivity index is 2.02. The Morgan fingerprint density at radius 1 is 0.900 bits per heavy atom. The van der Waals surface area contributed by atoms with E-state index in [0.29, 0.717) is 0 Å². The first-order chi connectivity index (χ1) is 9.92. The number of nitrogens with zero attached hydrogens (tertiary/aromatic N) is 1. The van der Waals surface area contributed by atoms with Crippen molar-refractivity contribution in [3.8, 4) is 0 Å². The highest BCUT2D eigenvalue weighted by atomic mass is 16.2. The summed E-state index contributed by atoms with van der Waals surface area (Å²) >= 11 is 0. The van der Waals surface area contributed by atoms with Gasteiger partial charge in [-0.2, -0.15) is 0 Å². The minimum absolute atomic E-state index is 0.202. The second-order valence-corrected chi connectivity index (χ2v) is 4.86. The predicted octanol–water partition coefficient (Wildman–Crippen LogP) is 2.92. The van der Waals surface area contributed by atoms with Crippen molar-refractivity contribution in [2.75, 3.05) is 13.2 Å². The lowest BCUT2D eigenvalue weighted by molar-refractivity contribution is 0.282. The van der Waals surface area contributed by atoms with Crippen molar-refractivity contribution < 1.29 is 5.11 Å². The van der Waals surface area contributed by atoms with Gasteiger partial charge in [0.25, 0.3) is 0 Å². The lowest BCUT2D eigenvalue weighted by atomic mass is 9.99. The van der Waals surface area contributed by atoms with Crippen LogP contribution in [0.25, 0.3) is 0 Å². The second-order valence-electron chi connectivity index (χ2n) is 4.86. The number of aliphatic hydroxyl groups is 1. The summed E-state index contributed by atoms with van der Waals surface area (Å²) in [6.45, 7) is 1.23. The highest BCUT2D eigenvalue weighted by Gasteiger charge is 2.12. The average molecular weight is 270 g/mol. The molecule has 1 unspecified atom stereocenters. The molecular formula is C17H22N2O. The van der Waals surface area contributed by atoms with Crippen molar-refractivity contribution in [1.29, 1.82) is 0 Å². The molecule has 0 aliphatic heterocycles. The van der Waals surface area contributed by atoms with Crippen LogP contribution in [0.3, 0.4) is 0 Å². The van der Waals surface area contributed by atoms with Crippen molar-refractivity contribution >= 4 is 0 Å². The zero-order valence-corrected chi connectivity index (χ0v) is 11.7. The van der Waals surface area contributed by atoms with Gasteiger partial charge in [0, 0.05) is 19.0 Å². The number of hydrogen-bond acceptors (Lipinski definition) is 3. The number of benzene rings is 1. The van der Waals surface area contributed by atoms with Crippen molar-refractivity contribution in [2.24, 2.45) is 0 Å². The van der Waals surface area contributed by atoms with Gasteiger partial charge >= 0.3 is 0 Å². The van der Waals surface area contributed by atoms with Gasteiger partial charge in [0.2, 0.25) is 0 Å². The lowest BCUT2D eigenvalue weighted by Crippen LogP contribution is -2.23. The minimum atomic E-state index is 0.202. The Labute approximate surface area is 120 Å². The van der Waals surface area contributed by atoms with E-state index in [1.54, 1.807) is 0 Å². The fourth-order valence-corrected chi connectivity index (χ4v) is 2.29. The summed E-state index contributed by atoms with van der Waals surface area (Å²) in [6.07, 6.45) is 6.68. The van der Waals surface area contributed by atoms with Gasteiger partial charge in [0.15, 0.2) is 0 Å². The van der Waals surface area contributed by atoms with Gasteiger partial charge in [0.1, 0.15) is 0 Å². The number of rotatable bonds is 8. The van der Waals surface area contributed by atoms with Gasteiger partial charge in [-0.15, -0.1) is 0 Å². The highest BCUT2D eigenvalue weighted by molar-refractivity contribution is 5.30. The summed E-state index contributed by atoms with van der Waals surface area (Å²) < 4.78 is 0. The van der Waals surface area contributed by atoms with Gasteiger partial charge in [-0.05, 0) is 49.1 Å². The normalized spacial score (nSPS) is 12.2. The summed E-state index contributed by atoms with van der Waals surface area (Å²) in [6, 6.07) is 14.8. The van der Waals surface area contributed by atoms with E-state index in [2.05, 4.69) is 46.7 Å². The molecule has 2 aromatic rings. The van der Waals surface area contributed by atoms with Gasteiger partial charge in [-0.3, -0.25) is 4.98 Å². The number of nitrogens with one attached hydrogen (secondary N) is 1. The van der Waals surface area contributed by atoms with E-state index in [-0.39, 0.29) is 12.6 Å². The molecule has 0 amide bonds. The maximum atomic E-state index is 8.80. The Kier molecular flexibility index (Phi) is 6.21. The summed E-state index contributed by atoms with van der Waals surface area (Å²) in [4.78, 5) is 4.09. The molecule has 3 nitrogen and oxygen atoms in total. The monoisotopic (exact) mass is 270 g/mol. The van der Waals surface area contributed by atoms with E-state index >= 15 is 0 Å². The third-order valence-electron chi connectivity index (χ3n) is 3.36. The molecule has 0 aliphatic rings. The van der Waals surface area contributed by atoms with Gasteiger partial charge in [-0.1, -0.05) is 30.3 Å². The standard InChI is InChI=1S/C17H22N2O/c20-14-6-2-5-11-19-17(15-7-3-1-4-8-15)16-9-12-18-13-10-16/h1,3-4,7-10,12-13,17,19-20H,2,5-6,11,14H2. The molecular weight excluding hydrogens is 248 g/mol. The molecule has 3 heteroatoms. The third-order valence-corrected chi connectivity index (χ3v) is 3.36. The Morgan fingerprint density at radius 3 is 2.30 bits per heavy atom. The SMILES string of the molecule is OCCCCCNC(c1ccccc1)c1ccncc1. The molecule has 0 radical (unpaired) electrons. The van der Waals surface area contributed by atoms with Crippen LogP contribution in [0.2, 0.25) is 0 Å². The fraction of sp³-hybridized carbons (Fsp3) is 0.353. The van der Waals surface area contributed by atoms with Crippen molar-refractivity contribution in [3.63, 3.8) is 0 Å². The number of unbranched alkanes of at least 4 members (excludes halogenated alkanes) is 2. The highest BCUT2D eigenvalue weighted by Crippen LogP contribution is 2.21. The van der Waals surface area contributed by atoms with Crippen LogP contribution in [-0.2, 0) is 0 Å². The molecule has 1 aromatic carbocycles. The first kappa shape index (κ1) is 14.7. The van der Waals surface area contributed by atoms with Crippen LogP contribution in [0.4, 0.5) is 0 Å². The predicted molar refractivity (Wildman–Crippen MR) is 81.5 cm³/mol. The molecule has 1 heterocycles. The molecule has 1 aromatic heterocycles.